The minimum atomic E-state index is 0.218. The van der Waals surface area contributed by atoms with Gasteiger partial charge in [-0.2, -0.15) is 5.10 Å². The van der Waals surface area contributed by atoms with E-state index in [1.54, 1.807) is 0 Å². The largest absolute Gasteiger partial charge is 0.381 e. The van der Waals surface area contributed by atoms with Crippen LogP contribution < -0.4 is 0 Å². The van der Waals surface area contributed by atoms with E-state index >= 15 is 0 Å². The third-order valence-corrected chi connectivity index (χ3v) is 4.89. The van der Waals surface area contributed by atoms with Gasteiger partial charge in [0.2, 0.25) is 5.91 Å². The van der Waals surface area contributed by atoms with Gasteiger partial charge in [-0.1, -0.05) is 11.6 Å². The molecule has 0 fully saturated rings. The summed E-state index contributed by atoms with van der Waals surface area (Å²) < 4.78 is 7.58. The predicted molar refractivity (Wildman–Crippen MR) is 89.0 cm³/mol. The van der Waals surface area contributed by atoms with Crippen molar-refractivity contribution in [3.63, 3.8) is 0 Å². The fraction of sp³-hybridized carbons (Fsp3) is 0.667. The van der Waals surface area contributed by atoms with Crippen LogP contribution in [-0.4, -0.2) is 40.3 Å². The van der Waals surface area contributed by atoms with Crippen molar-refractivity contribution in [2.24, 2.45) is 7.05 Å². The van der Waals surface area contributed by atoms with Crippen molar-refractivity contribution in [2.45, 2.75) is 51.5 Å². The highest BCUT2D eigenvalue weighted by molar-refractivity contribution is 5.79. The molecule has 2 heterocycles. The Kier molecular flexibility index (Phi) is 5.16. The molecule has 1 amide bonds. The lowest BCUT2D eigenvalue weighted by Gasteiger charge is -2.33. The van der Waals surface area contributed by atoms with E-state index in [9.17, 15) is 4.79 Å². The summed E-state index contributed by atoms with van der Waals surface area (Å²) in [6.07, 6.45) is 9.43. The Bertz CT molecular complexity index is 591. The zero-order valence-electron chi connectivity index (χ0n) is 14.3. The number of ether oxygens (including phenoxy) is 1. The first kappa shape index (κ1) is 16.2. The highest BCUT2D eigenvalue weighted by atomic mass is 16.5. The average Bonchev–Trinajstić information content (AvgIpc) is 2.95. The zero-order valence-corrected chi connectivity index (χ0v) is 14.3. The maximum absolute atomic E-state index is 12.7. The SMILES string of the molecule is CCOC[C@H]1CN(C(=O)CC2=CCCCC2)Cc2cnn(C)c21. The van der Waals surface area contributed by atoms with Gasteiger partial charge >= 0.3 is 0 Å². The molecule has 1 aliphatic carbocycles. The Morgan fingerprint density at radius 2 is 2.30 bits per heavy atom. The maximum Gasteiger partial charge on any atom is 0.226 e. The third kappa shape index (κ3) is 3.66. The van der Waals surface area contributed by atoms with Gasteiger partial charge in [-0.15, -0.1) is 0 Å². The Morgan fingerprint density at radius 3 is 3.04 bits per heavy atom. The van der Waals surface area contributed by atoms with E-state index in [1.165, 1.54) is 24.1 Å². The molecule has 0 bridgehead atoms. The van der Waals surface area contributed by atoms with Crippen LogP contribution in [0.4, 0.5) is 0 Å². The second kappa shape index (κ2) is 7.30. The first-order chi connectivity index (χ1) is 11.2. The second-order valence-electron chi connectivity index (χ2n) is 6.59. The van der Waals surface area contributed by atoms with Gasteiger partial charge in [0.25, 0.3) is 0 Å². The first-order valence-corrected chi connectivity index (χ1v) is 8.73. The molecule has 1 atom stereocenters. The monoisotopic (exact) mass is 317 g/mol. The molecule has 2 aliphatic rings. The van der Waals surface area contributed by atoms with Gasteiger partial charge in [-0.3, -0.25) is 9.48 Å². The summed E-state index contributed by atoms with van der Waals surface area (Å²) in [6.45, 7) is 4.77. The smallest absolute Gasteiger partial charge is 0.226 e. The number of fused-ring (bicyclic) bond motifs is 1. The van der Waals surface area contributed by atoms with Crippen LogP contribution in [0.3, 0.4) is 0 Å². The van der Waals surface area contributed by atoms with Crippen LogP contribution in [0.1, 0.15) is 56.2 Å². The van der Waals surface area contributed by atoms with E-state index in [1.807, 2.05) is 29.7 Å². The minimum absolute atomic E-state index is 0.218. The van der Waals surface area contributed by atoms with Gasteiger partial charge in [0.05, 0.1) is 18.5 Å². The number of hydrogen-bond donors (Lipinski definition) is 0. The molecule has 0 spiro atoms. The summed E-state index contributed by atoms with van der Waals surface area (Å²) in [5.74, 6) is 0.463. The van der Waals surface area contributed by atoms with Crippen molar-refractivity contribution >= 4 is 5.91 Å². The van der Waals surface area contributed by atoms with Crippen molar-refractivity contribution in [2.75, 3.05) is 19.8 Å². The van der Waals surface area contributed by atoms with E-state index in [-0.39, 0.29) is 11.8 Å². The number of hydrogen-bond acceptors (Lipinski definition) is 3. The number of carbonyl (C=O) groups is 1. The standard InChI is InChI=1S/C18H27N3O2/c1-3-23-13-16-12-21(11-15-10-19-20(2)18(15)16)17(22)9-14-7-5-4-6-8-14/h7,10,16H,3-6,8-9,11-13H2,1-2H3/t16-/m1/s1. The fourth-order valence-corrected chi connectivity index (χ4v) is 3.72. The Morgan fingerprint density at radius 1 is 1.43 bits per heavy atom. The summed E-state index contributed by atoms with van der Waals surface area (Å²) in [4.78, 5) is 14.7. The van der Waals surface area contributed by atoms with Crippen LogP contribution in [-0.2, 0) is 23.1 Å². The quantitative estimate of drug-likeness (QED) is 0.785. The van der Waals surface area contributed by atoms with E-state index < -0.39 is 0 Å². The van der Waals surface area contributed by atoms with Gasteiger partial charge in [0, 0.05) is 44.6 Å². The van der Waals surface area contributed by atoms with Crippen molar-refractivity contribution in [3.05, 3.63) is 29.1 Å². The molecule has 126 valence electrons. The lowest BCUT2D eigenvalue weighted by Crippen LogP contribution is -2.40. The molecule has 1 aromatic rings. The summed E-state index contributed by atoms with van der Waals surface area (Å²) >= 11 is 0. The van der Waals surface area contributed by atoms with Gasteiger partial charge in [0.15, 0.2) is 0 Å². The molecule has 5 nitrogen and oxygen atoms in total. The molecule has 1 aromatic heterocycles. The number of carbonyl (C=O) groups excluding carboxylic acids is 1. The van der Waals surface area contributed by atoms with Gasteiger partial charge in [-0.25, -0.2) is 0 Å². The Hall–Kier alpha value is -1.62. The van der Waals surface area contributed by atoms with Gasteiger partial charge < -0.3 is 9.64 Å². The topological polar surface area (TPSA) is 47.4 Å². The zero-order chi connectivity index (χ0) is 16.2. The molecular formula is C18H27N3O2. The molecular weight excluding hydrogens is 290 g/mol. The average molecular weight is 317 g/mol. The summed E-state index contributed by atoms with van der Waals surface area (Å²) in [6, 6.07) is 0. The number of nitrogens with zero attached hydrogens (tertiary/aromatic N) is 3. The maximum atomic E-state index is 12.7. The van der Waals surface area contributed by atoms with Crippen LogP contribution in [0.15, 0.2) is 17.8 Å². The number of aryl methyl sites for hydroxylation is 1. The van der Waals surface area contributed by atoms with Gasteiger partial charge in [-0.05, 0) is 32.6 Å². The van der Waals surface area contributed by atoms with Crippen molar-refractivity contribution in [1.82, 2.24) is 14.7 Å². The summed E-state index contributed by atoms with van der Waals surface area (Å²) in [5, 5.41) is 4.38. The Balaban J connectivity index is 1.71. The molecule has 0 radical (unpaired) electrons. The lowest BCUT2D eigenvalue weighted by atomic mass is 9.94. The number of allylic oxidation sites excluding steroid dienone is 1. The lowest BCUT2D eigenvalue weighted by molar-refractivity contribution is -0.132. The van der Waals surface area contributed by atoms with Crippen LogP contribution in [0.25, 0.3) is 0 Å². The molecule has 0 saturated carbocycles. The highest BCUT2D eigenvalue weighted by Crippen LogP contribution is 2.29. The normalized spacial score (nSPS) is 21.0. The van der Waals surface area contributed by atoms with Crippen LogP contribution in [0.5, 0.6) is 0 Å². The van der Waals surface area contributed by atoms with Crippen molar-refractivity contribution in [1.29, 1.82) is 0 Å². The highest BCUT2D eigenvalue weighted by Gasteiger charge is 2.31. The van der Waals surface area contributed by atoms with Crippen LogP contribution in [0, 0.1) is 0 Å². The van der Waals surface area contributed by atoms with E-state index in [2.05, 4.69) is 11.2 Å². The van der Waals surface area contributed by atoms with E-state index in [0.717, 1.165) is 24.9 Å². The number of rotatable bonds is 5. The fourth-order valence-electron chi connectivity index (χ4n) is 3.72. The second-order valence-corrected chi connectivity index (χ2v) is 6.59. The first-order valence-electron chi connectivity index (χ1n) is 8.73. The molecule has 1 aliphatic heterocycles. The van der Waals surface area contributed by atoms with Crippen molar-refractivity contribution in [3.8, 4) is 0 Å². The predicted octanol–water partition coefficient (Wildman–Crippen LogP) is 2.77. The molecule has 23 heavy (non-hydrogen) atoms. The van der Waals surface area contributed by atoms with Gasteiger partial charge in [0.1, 0.15) is 0 Å². The van der Waals surface area contributed by atoms with Crippen molar-refractivity contribution < 1.29 is 9.53 Å². The summed E-state index contributed by atoms with van der Waals surface area (Å²) in [7, 11) is 1.97. The van der Waals surface area contributed by atoms with Crippen LogP contribution in [0.2, 0.25) is 0 Å². The summed E-state index contributed by atoms with van der Waals surface area (Å²) in [5.41, 5.74) is 3.70. The number of aromatic nitrogens is 2. The number of amides is 1. The minimum Gasteiger partial charge on any atom is -0.381 e. The molecule has 3 rings (SSSR count). The molecule has 0 N–H and O–H groups in total. The van der Waals surface area contributed by atoms with Crippen LogP contribution >= 0.6 is 0 Å². The molecule has 5 heteroatoms. The van der Waals surface area contributed by atoms with E-state index in [0.29, 0.717) is 26.2 Å². The molecule has 0 unspecified atom stereocenters. The Labute approximate surface area is 138 Å². The molecule has 0 saturated heterocycles. The van der Waals surface area contributed by atoms with E-state index in [4.69, 9.17) is 4.74 Å². The molecule has 0 aromatic carbocycles. The third-order valence-electron chi connectivity index (χ3n) is 4.89.